The number of nitrogens with zero attached hydrogens (tertiary/aromatic N) is 1. The molecule has 0 radical (unpaired) electrons. The fourth-order valence-electron chi connectivity index (χ4n) is 2.13. The van der Waals surface area contributed by atoms with E-state index in [-0.39, 0.29) is 5.78 Å². The molecule has 3 nitrogen and oxygen atoms in total. The Hall–Kier alpha value is -2.39. The Kier molecular flexibility index (Phi) is 3.59. The van der Waals surface area contributed by atoms with Crippen molar-refractivity contribution in [1.29, 1.82) is 0 Å². The van der Waals surface area contributed by atoms with Gasteiger partial charge in [0, 0.05) is 23.2 Å². The highest BCUT2D eigenvalue weighted by Gasteiger charge is 2.09. The second kappa shape index (κ2) is 5.54. The molecule has 0 aliphatic rings. The van der Waals surface area contributed by atoms with Crippen LogP contribution >= 0.6 is 11.6 Å². The first-order chi connectivity index (χ1) is 10.1. The zero-order chi connectivity index (χ0) is 14.8. The Morgan fingerprint density at radius 3 is 2.71 bits per heavy atom. The molecule has 1 heterocycles. The van der Waals surface area contributed by atoms with Gasteiger partial charge in [0.15, 0.2) is 11.5 Å². The summed E-state index contributed by atoms with van der Waals surface area (Å²) >= 11 is 6.09. The smallest absolute Gasteiger partial charge is 0.161 e. The van der Waals surface area contributed by atoms with Crippen LogP contribution in [-0.2, 0) is 0 Å². The molecule has 3 rings (SSSR count). The highest BCUT2D eigenvalue weighted by atomic mass is 35.5. The van der Waals surface area contributed by atoms with Gasteiger partial charge in [-0.1, -0.05) is 29.8 Å². The van der Waals surface area contributed by atoms with E-state index in [1.54, 1.807) is 24.4 Å². The normalized spacial score (nSPS) is 10.6. The van der Waals surface area contributed by atoms with E-state index < -0.39 is 0 Å². The molecule has 0 spiro atoms. The molecule has 4 heteroatoms. The van der Waals surface area contributed by atoms with Crippen LogP contribution in [-0.4, -0.2) is 10.8 Å². The summed E-state index contributed by atoms with van der Waals surface area (Å²) in [7, 11) is 0. The van der Waals surface area contributed by atoms with Gasteiger partial charge in [-0.25, -0.2) is 0 Å². The Labute approximate surface area is 127 Å². The molecule has 0 fully saturated rings. The van der Waals surface area contributed by atoms with E-state index in [0.717, 1.165) is 10.9 Å². The summed E-state index contributed by atoms with van der Waals surface area (Å²) in [6, 6.07) is 14.6. The monoisotopic (exact) mass is 297 g/mol. The Bertz CT molecular complexity index is 825. The number of rotatable bonds is 3. The molecule has 2 aromatic carbocycles. The molecule has 0 atom stereocenters. The van der Waals surface area contributed by atoms with Gasteiger partial charge in [0.05, 0.1) is 5.02 Å². The van der Waals surface area contributed by atoms with Gasteiger partial charge in [0.1, 0.15) is 11.3 Å². The minimum absolute atomic E-state index is 0.0709. The van der Waals surface area contributed by atoms with E-state index in [0.29, 0.717) is 22.1 Å². The van der Waals surface area contributed by atoms with Crippen molar-refractivity contribution in [2.45, 2.75) is 6.92 Å². The lowest BCUT2D eigenvalue weighted by molar-refractivity contribution is 0.101. The molecule has 104 valence electrons. The van der Waals surface area contributed by atoms with Gasteiger partial charge < -0.3 is 4.74 Å². The lowest BCUT2D eigenvalue weighted by Gasteiger charge is -2.09. The van der Waals surface area contributed by atoms with E-state index in [2.05, 4.69) is 4.98 Å². The Morgan fingerprint density at radius 2 is 1.95 bits per heavy atom. The Balaban J connectivity index is 1.99. The van der Waals surface area contributed by atoms with Crippen molar-refractivity contribution in [1.82, 2.24) is 4.98 Å². The largest absolute Gasteiger partial charge is 0.455 e. The van der Waals surface area contributed by atoms with Gasteiger partial charge in [-0.05, 0) is 31.2 Å². The average molecular weight is 298 g/mol. The number of hydrogen-bond donors (Lipinski definition) is 0. The molecule has 1 aromatic heterocycles. The van der Waals surface area contributed by atoms with Crippen LogP contribution in [0.2, 0.25) is 5.02 Å². The average Bonchev–Trinajstić information content (AvgIpc) is 2.47. The third kappa shape index (κ3) is 2.73. The standard InChI is InChI=1S/C17H12ClNO2/c1-11(20)14-8-7-13(10-15(14)18)21-16-6-2-4-12-5-3-9-19-17(12)16/h2-10H,1H3. The molecule has 21 heavy (non-hydrogen) atoms. The molecule has 3 aromatic rings. The predicted octanol–water partition coefficient (Wildman–Crippen LogP) is 4.88. The molecule has 0 aliphatic heterocycles. The number of carbonyl (C=O) groups is 1. The quantitative estimate of drug-likeness (QED) is 0.647. The third-order valence-corrected chi connectivity index (χ3v) is 3.46. The number of ketones is 1. The summed E-state index contributed by atoms with van der Waals surface area (Å²) in [4.78, 5) is 15.7. The van der Waals surface area contributed by atoms with Gasteiger partial charge in [-0.3, -0.25) is 9.78 Å². The maximum atomic E-state index is 11.4. The lowest BCUT2D eigenvalue weighted by Crippen LogP contribution is -1.94. The van der Waals surface area contributed by atoms with Crippen molar-refractivity contribution in [3.63, 3.8) is 0 Å². The number of benzene rings is 2. The highest BCUT2D eigenvalue weighted by molar-refractivity contribution is 6.34. The first-order valence-corrected chi connectivity index (χ1v) is 6.85. The molecule has 0 N–H and O–H groups in total. The van der Waals surface area contributed by atoms with E-state index in [4.69, 9.17) is 16.3 Å². The summed E-state index contributed by atoms with van der Waals surface area (Å²) in [5, 5.41) is 1.38. The summed E-state index contributed by atoms with van der Waals surface area (Å²) in [6.07, 6.45) is 1.72. The van der Waals surface area contributed by atoms with Crippen molar-refractivity contribution in [2.75, 3.05) is 0 Å². The second-order valence-corrected chi connectivity index (χ2v) is 5.04. The van der Waals surface area contributed by atoms with Crippen LogP contribution in [0.25, 0.3) is 10.9 Å². The molecular formula is C17H12ClNO2. The van der Waals surface area contributed by atoms with Crippen LogP contribution in [0.15, 0.2) is 54.7 Å². The predicted molar refractivity (Wildman–Crippen MR) is 83.3 cm³/mol. The molecule has 0 saturated carbocycles. The number of ether oxygens (including phenoxy) is 1. The SMILES string of the molecule is CC(=O)c1ccc(Oc2cccc3cccnc23)cc1Cl. The van der Waals surface area contributed by atoms with Crippen molar-refractivity contribution in [2.24, 2.45) is 0 Å². The first kappa shape index (κ1) is 13.6. The van der Waals surface area contributed by atoms with Gasteiger partial charge in [-0.15, -0.1) is 0 Å². The minimum atomic E-state index is -0.0709. The molecular weight excluding hydrogens is 286 g/mol. The van der Waals surface area contributed by atoms with Crippen LogP contribution in [0.5, 0.6) is 11.5 Å². The maximum Gasteiger partial charge on any atom is 0.161 e. The van der Waals surface area contributed by atoms with Crippen molar-refractivity contribution in [3.05, 3.63) is 65.3 Å². The van der Waals surface area contributed by atoms with E-state index in [1.807, 2.05) is 30.3 Å². The fraction of sp³-hybridized carbons (Fsp3) is 0.0588. The molecule has 0 unspecified atom stereocenters. The van der Waals surface area contributed by atoms with E-state index in [9.17, 15) is 4.79 Å². The minimum Gasteiger partial charge on any atom is -0.455 e. The highest BCUT2D eigenvalue weighted by Crippen LogP contribution is 2.30. The Morgan fingerprint density at radius 1 is 1.14 bits per heavy atom. The number of hydrogen-bond acceptors (Lipinski definition) is 3. The number of fused-ring (bicyclic) bond motifs is 1. The lowest BCUT2D eigenvalue weighted by atomic mass is 10.1. The second-order valence-electron chi connectivity index (χ2n) is 4.63. The van der Waals surface area contributed by atoms with E-state index >= 15 is 0 Å². The van der Waals surface area contributed by atoms with Crippen LogP contribution in [0.4, 0.5) is 0 Å². The summed E-state index contributed by atoms with van der Waals surface area (Å²) in [5.41, 5.74) is 1.27. The zero-order valence-corrected chi connectivity index (χ0v) is 12.1. The van der Waals surface area contributed by atoms with Crippen LogP contribution < -0.4 is 4.74 Å². The van der Waals surface area contributed by atoms with Crippen molar-refractivity contribution < 1.29 is 9.53 Å². The number of pyridine rings is 1. The number of halogens is 1. The molecule has 0 aliphatic carbocycles. The number of Topliss-reactive ketones (excluding diaryl/α,β-unsaturated/α-hetero) is 1. The number of para-hydroxylation sites is 1. The topological polar surface area (TPSA) is 39.2 Å². The van der Waals surface area contributed by atoms with Gasteiger partial charge in [0.2, 0.25) is 0 Å². The van der Waals surface area contributed by atoms with Crippen molar-refractivity contribution >= 4 is 28.3 Å². The van der Waals surface area contributed by atoms with Crippen LogP contribution in [0.1, 0.15) is 17.3 Å². The van der Waals surface area contributed by atoms with Crippen LogP contribution in [0, 0.1) is 0 Å². The van der Waals surface area contributed by atoms with Crippen LogP contribution in [0.3, 0.4) is 0 Å². The van der Waals surface area contributed by atoms with Crippen molar-refractivity contribution in [3.8, 4) is 11.5 Å². The fourth-order valence-corrected chi connectivity index (χ4v) is 2.43. The van der Waals surface area contributed by atoms with Gasteiger partial charge >= 0.3 is 0 Å². The number of aromatic nitrogens is 1. The molecule has 0 saturated heterocycles. The first-order valence-electron chi connectivity index (χ1n) is 6.47. The molecule has 0 bridgehead atoms. The summed E-state index contributed by atoms with van der Waals surface area (Å²) in [5.74, 6) is 1.15. The molecule has 0 amide bonds. The zero-order valence-electron chi connectivity index (χ0n) is 11.3. The van der Waals surface area contributed by atoms with Gasteiger partial charge in [-0.2, -0.15) is 0 Å². The summed E-state index contributed by atoms with van der Waals surface area (Å²) < 4.78 is 5.85. The van der Waals surface area contributed by atoms with Gasteiger partial charge in [0.25, 0.3) is 0 Å². The maximum absolute atomic E-state index is 11.4. The third-order valence-electron chi connectivity index (χ3n) is 3.14. The summed E-state index contributed by atoms with van der Waals surface area (Å²) in [6.45, 7) is 1.48. The van der Waals surface area contributed by atoms with E-state index in [1.165, 1.54) is 6.92 Å². The number of carbonyl (C=O) groups excluding carboxylic acids is 1.